The smallest absolute Gasteiger partial charge is 0.290 e. The van der Waals surface area contributed by atoms with Crippen molar-refractivity contribution in [2.45, 2.75) is 24.5 Å². The lowest BCUT2D eigenvalue weighted by Gasteiger charge is -2.38. The van der Waals surface area contributed by atoms with Gasteiger partial charge in [0.2, 0.25) is 5.91 Å². The minimum absolute atomic E-state index is 0.135. The molecule has 1 unspecified atom stereocenters. The number of piperidine rings is 1. The highest BCUT2D eigenvalue weighted by atomic mass is 19.3. The Morgan fingerprint density at radius 2 is 2.35 bits per heavy atom. The maximum Gasteiger partial charge on any atom is 0.290 e. The molecule has 6 nitrogen and oxygen atoms in total. The van der Waals surface area contributed by atoms with E-state index in [1.807, 2.05) is 0 Å². The van der Waals surface area contributed by atoms with Gasteiger partial charge >= 0.3 is 0 Å². The number of ether oxygens (including phenoxy) is 1. The highest BCUT2D eigenvalue weighted by Crippen LogP contribution is 2.29. The van der Waals surface area contributed by atoms with Gasteiger partial charge in [-0.2, -0.15) is 5.11 Å². The van der Waals surface area contributed by atoms with E-state index in [0.717, 1.165) is 4.90 Å². The van der Waals surface area contributed by atoms with Gasteiger partial charge in [-0.3, -0.25) is 10.2 Å². The van der Waals surface area contributed by atoms with E-state index in [4.69, 9.17) is 4.74 Å². The van der Waals surface area contributed by atoms with Gasteiger partial charge in [0.25, 0.3) is 5.92 Å². The second-order valence-corrected chi connectivity index (χ2v) is 4.14. The fourth-order valence-corrected chi connectivity index (χ4v) is 2.03. The van der Waals surface area contributed by atoms with Crippen LogP contribution in [0.5, 0.6) is 0 Å². The number of methoxy groups -OCH3 is 1. The quantitative estimate of drug-likeness (QED) is 0.759. The molecule has 2 heterocycles. The molecule has 0 bridgehead atoms. The van der Waals surface area contributed by atoms with Crippen molar-refractivity contribution in [3.8, 4) is 0 Å². The standard InChI is InChI=1S/C9H14F2N4O2/c1-17-7-2-3-15(5-9(7,10)11)8(16)6-4-12-14-13-6/h6-7H,2-5H2,1H3,(H,12,13)/t6?,7-/m0/s1. The molecule has 1 fully saturated rings. The Kier molecular flexibility index (Phi) is 3.23. The molecule has 96 valence electrons. The van der Waals surface area contributed by atoms with Crippen molar-refractivity contribution in [1.29, 1.82) is 0 Å². The number of nitrogens with zero attached hydrogens (tertiary/aromatic N) is 3. The minimum atomic E-state index is -3.00. The highest BCUT2D eigenvalue weighted by molar-refractivity contribution is 5.82. The van der Waals surface area contributed by atoms with Gasteiger partial charge in [-0.05, 0) is 6.42 Å². The van der Waals surface area contributed by atoms with Gasteiger partial charge in [0, 0.05) is 13.7 Å². The number of nitrogens with one attached hydrogen (secondary N) is 1. The molecule has 0 aromatic rings. The molecule has 2 aliphatic heterocycles. The Morgan fingerprint density at radius 3 is 2.88 bits per heavy atom. The lowest BCUT2D eigenvalue weighted by molar-refractivity contribution is -0.173. The predicted molar refractivity (Wildman–Crippen MR) is 53.6 cm³/mol. The van der Waals surface area contributed by atoms with Crippen molar-refractivity contribution in [2.24, 2.45) is 10.3 Å². The zero-order chi connectivity index (χ0) is 12.5. The van der Waals surface area contributed by atoms with Crippen LogP contribution >= 0.6 is 0 Å². The summed E-state index contributed by atoms with van der Waals surface area (Å²) in [6.45, 7) is -0.137. The maximum atomic E-state index is 13.6. The van der Waals surface area contributed by atoms with Crippen molar-refractivity contribution in [3.05, 3.63) is 0 Å². The van der Waals surface area contributed by atoms with Gasteiger partial charge in [0.15, 0.2) is 0 Å². The van der Waals surface area contributed by atoms with E-state index in [1.165, 1.54) is 7.11 Å². The average Bonchev–Trinajstić information content (AvgIpc) is 2.80. The summed E-state index contributed by atoms with van der Waals surface area (Å²) in [5.41, 5.74) is 2.50. The van der Waals surface area contributed by atoms with Crippen LogP contribution in [0.4, 0.5) is 8.78 Å². The Hall–Kier alpha value is -1.31. The van der Waals surface area contributed by atoms with E-state index in [0.29, 0.717) is 0 Å². The number of hydrogen-bond acceptors (Lipinski definition) is 5. The van der Waals surface area contributed by atoms with Gasteiger partial charge in [-0.25, -0.2) is 8.78 Å². The fourth-order valence-electron chi connectivity index (χ4n) is 2.03. The molecule has 0 aromatic heterocycles. The van der Waals surface area contributed by atoms with Crippen LogP contribution in [0, 0.1) is 0 Å². The lowest BCUT2D eigenvalue weighted by Crippen LogP contribution is -2.57. The second-order valence-electron chi connectivity index (χ2n) is 4.14. The summed E-state index contributed by atoms with van der Waals surface area (Å²) in [6.07, 6.45) is -0.978. The van der Waals surface area contributed by atoms with Crippen LogP contribution < -0.4 is 5.43 Å². The van der Waals surface area contributed by atoms with E-state index < -0.39 is 24.6 Å². The van der Waals surface area contributed by atoms with E-state index in [2.05, 4.69) is 15.8 Å². The van der Waals surface area contributed by atoms with Crippen LogP contribution in [0.3, 0.4) is 0 Å². The molecule has 0 aromatic carbocycles. The molecule has 17 heavy (non-hydrogen) atoms. The molecule has 0 saturated carbocycles. The Morgan fingerprint density at radius 1 is 1.59 bits per heavy atom. The van der Waals surface area contributed by atoms with Gasteiger partial charge < -0.3 is 9.64 Å². The molecule has 0 aliphatic carbocycles. The minimum Gasteiger partial charge on any atom is -0.375 e. The van der Waals surface area contributed by atoms with Crippen LogP contribution in [-0.4, -0.2) is 55.6 Å². The van der Waals surface area contributed by atoms with Gasteiger partial charge in [0.05, 0.1) is 13.1 Å². The molecule has 2 aliphatic rings. The number of carbonyl (C=O) groups is 1. The topological polar surface area (TPSA) is 66.3 Å². The van der Waals surface area contributed by atoms with E-state index in [9.17, 15) is 13.6 Å². The maximum absolute atomic E-state index is 13.6. The number of carbonyl (C=O) groups excluding carboxylic acids is 1. The van der Waals surface area contributed by atoms with E-state index >= 15 is 0 Å². The Balaban J connectivity index is 1.97. The first-order valence-electron chi connectivity index (χ1n) is 5.36. The van der Waals surface area contributed by atoms with Crippen LogP contribution in [0.25, 0.3) is 0 Å². The van der Waals surface area contributed by atoms with Gasteiger partial charge in [-0.15, -0.1) is 0 Å². The molecule has 2 atom stereocenters. The monoisotopic (exact) mass is 248 g/mol. The number of halogens is 2. The molecule has 8 heteroatoms. The largest absolute Gasteiger partial charge is 0.375 e. The SMILES string of the molecule is CO[C@H]1CCN(C(=O)C2CN=NN2)CC1(F)F. The van der Waals surface area contributed by atoms with Crippen LogP contribution in [0.15, 0.2) is 10.3 Å². The lowest BCUT2D eigenvalue weighted by atomic mass is 10.0. The van der Waals surface area contributed by atoms with Crippen molar-refractivity contribution < 1.29 is 18.3 Å². The van der Waals surface area contributed by atoms with Crippen LogP contribution in [-0.2, 0) is 9.53 Å². The molecular weight excluding hydrogens is 234 g/mol. The molecule has 1 N–H and O–H groups in total. The van der Waals surface area contributed by atoms with Crippen molar-refractivity contribution >= 4 is 5.91 Å². The zero-order valence-electron chi connectivity index (χ0n) is 9.40. The molecular formula is C9H14F2N4O2. The highest BCUT2D eigenvalue weighted by Gasteiger charge is 2.47. The summed E-state index contributed by atoms with van der Waals surface area (Å²) in [5, 5.41) is 7.07. The average molecular weight is 248 g/mol. The number of likely N-dealkylation sites (tertiary alicyclic amines) is 1. The van der Waals surface area contributed by atoms with Crippen LogP contribution in [0.1, 0.15) is 6.42 Å². The summed E-state index contributed by atoms with van der Waals surface area (Å²) < 4.78 is 31.9. The summed E-state index contributed by atoms with van der Waals surface area (Å²) in [5.74, 6) is -3.39. The second kappa shape index (κ2) is 4.52. The number of alkyl halides is 2. The Labute approximate surface area is 97.0 Å². The zero-order valence-corrected chi connectivity index (χ0v) is 9.40. The van der Waals surface area contributed by atoms with Crippen molar-refractivity contribution in [1.82, 2.24) is 10.3 Å². The number of hydrogen-bond donors (Lipinski definition) is 1. The normalized spacial score (nSPS) is 31.4. The predicted octanol–water partition coefficient (Wildman–Crippen LogP) is 0.208. The fraction of sp³-hybridized carbons (Fsp3) is 0.889. The number of rotatable bonds is 2. The van der Waals surface area contributed by atoms with Gasteiger partial charge in [0.1, 0.15) is 12.1 Å². The molecule has 1 amide bonds. The first-order valence-corrected chi connectivity index (χ1v) is 5.36. The molecule has 0 spiro atoms. The summed E-state index contributed by atoms with van der Waals surface area (Å²) >= 11 is 0. The third kappa shape index (κ3) is 2.36. The Bertz CT molecular complexity index is 329. The third-order valence-electron chi connectivity index (χ3n) is 2.98. The first-order chi connectivity index (χ1) is 8.04. The number of amides is 1. The van der Waals surface area contributed by atoms with E-state index in [-0.39, 0.29) is 25.4 Å². The van der Waals surface area contributed by atoms with Crippen molar-refractivity contribution in [2.75, 3.05) is 26.7 Å². The molecule has 1 saturated heterocycles. The first kappa shape index (κ1) is 12.2. The molecule has 2 rings (SSSR count). The summed E-state index contributed by atoms with van der Waals surface area (Å²) in [4.78, 5) is 13.0. The molecule has 0 radical (unpaired) electrons. The summed E-state index contributed by atoms with van der Waals surface area (Å²) in [7, 11) is 1.26. The van der Waals surface area contributed by atoms with Crippen LogP contribution in [0.2, 0.25) is 0 Å². The van der Waals surface area contributed by atoms with Crippen molar-refractivity contribution in [3.63, 3.8) is 0 Å². The third-order valence-corrected chi connectivity index (χ3v) is 2.98. The van der Waals surface area contributed by atoms with Gasteiger partial charge in [-0.1, -0.05) is 5.22 Å². The summed E-state index contributed by atoms with van der Waals surface area (Å²) in [6, 6.07) is -0.607. The van der Waals surface area contributed by atoms with E-state index in [1.54, 1.807) is 0 Å².